The molecular weight excluding hydrogens is 368 g/mol. The van der Waals surface area contributed by atoms with Crippen molar-refractivity contribution in [3.63, 3.8) is 0 Å². The van der Waals surface area contributed by atoms with Crippen LogP contribution in [0.3, 0.4) is 0 Å². The summed E-state index contributed by atoms with van der Waals surface area (Å²) < 4.78 is 2.48. The molecule has 0 atom stereocenters. The van der Waals surface area contributed by atoms with E-state index in [1.807, 2.05) is 18.2 Å². The molecule has 0 amide bonds. The van der Waals surface area contributed by atoms with Crippen molar-refractivity contribution in [3.8, 4) is 39.7 Å². The van der Waals surface area contributed by atoms with Crippen LogP contribution in [0.4, 0.5) is 0 Å². The van der Waals surface area contributed by atoms with E-state index < -0.39 is 0 Å². The fourth-order valence-electron chi connectivity index (χ4n) is 4.61. The lowest BCUT2D eigenvalue weighted by molar-refractivity contribution is 0.358. The maximum absolute atomic E-state index is 9.81. The third-order valence-electron chi connectivity index (χ3n) is 6.07. The van der Waals surface area contributed by atoms with Crippen molar-refractivity contribution in [3.05, 3.63) is 84.9 Å². The van der Waals surface area contributed by atoms with E-state index in [9.17, 15) is 5.11 Å². The third kappa shape index (κ3) is 3.52. The Morgan fingerprint density at radius 1 is 0.667 bits per heavy atom. The molecule has 1 fully saturated rings. The average Bonchev–Trinajstić information content (AvgIpc) is 3.22. The molecular formula is C27H26N2O. The average molecular weight is 395 g/mol. The molecule has 150 valence electrons. The van der Waals surface area contributed by atoms with Crippen LogP contribution in [0, 0.1) is 0 Å². The minimum absolute atomic E-state index is 0.279. The van der Waals surface area contributed by atoms with Crippen molar-refractivity contribution >= 4 is 0 Å². The van der Waals surface area contributed by atoms with Gasteiger partial charge in [0.2, 0.25) is 0 Å². The quantitative estimate of drug-likeness (QED) is 0.401. The van der Waals surface area contributed by atoms with Crippen LogP contribution in [0.1, 0.15) is 38.1 Å². The van der Waals surface area contributed by atoms with Gasteiger partial charge in [0.05, 0.1) is 11.4 Å². The SMILES string of the molecule is Oc1ccc(-c2nc(-c3ccccc3)c(-c3ccccc3)n2C2CCCCC2)cc1. The van der Waals surface area contributed by atoms with E-state index in [2.05, 4.69) is 59.2 Å². The van der Waals surface area contributed by atoms with Crippen LogP contribution >= 0.6 is 0 Å². The molecule has 1 aliphatic carbocycles. The number of nitrogens with zero attached hydrogens (tertiary/aromatic N) is 2. The van der Waals surface area contributed by atoms with E-state index in [4.69, 9.17) is 4.98 Å². The van der Waals surface area contributed by atoms with Gasteiger partial charge in [-0.05, 0) is 37.1 Å². The molecule has 3 aromatic carbocycles. The molecule has 1 aromatic heterocycles. The summed E-state index contributed by atoms with van der Waals surface area (Å²) >= 11 is 0. The maximum Gasteiger partial charge on any atom is 0.141 e. The number of phenols is 1. The summed E-state index contributed by atoms with van der Waals surface area (Å²) in [4.78, 5) is 5.21. The van der Waals surface area contributed by atoms with Crippen LogP contribution in [0.15, 0.2) is 84.9 Å². The fraction of sp³-hybridized carbons (Fsp3) is 0.222. The topological polar surface area (TPSA) is 38.1 Å². The summed E-state index contributed by atoms with van der Waals surface area (Å²) in [6, 6.07) is 29.0. The highest BCUT2D eigenvalue weighted by molar-refractivity contribution is 5.82. The van der Waals surface area contributed by atoms with Crippen molar-refractivity contribution in [1.82, 2.24) is 9.55 Å². The molecule has 4 aromatic rings. The molecule has 1 aliphatic rings. The lowest BCUT2D eigenvalue weighted by atomic mass is 9.94. The second-order valence-electron chi connectivity index (χ2n) is 8.07. The lowest BCUT2D eigenvalue weighted by Crippen LogP contribution is -2.15. The number of hydrogen-bond donors (Lipinski definition) is 1. The van der Waals surface area contributed by atoms with Gasteiger partial charge in [0.25, 0.3) is 0 Å². The molecule has 3 nitrogen and oxygen atoms in total. The molecule has 0 spiro atoms. The summed E-state index contributed by atoms with van der Waals surface area (Å²) in [5.41, 5.74) is 5.58. The minimum atomic E-state index is 0.279. The van der Waals surface area contributed by atoms with Crippen LogP contribution < -0.4 is 0 Å². The van der Waals surface area contributed by atoms with E-state index in [0.29, 0.717) is 6.04 Å². The largest absolute Gasteiger partial charge is 0.508 e. The summed E-state index contributed by atoms with van der Waals surface area (Å²) in [6.07, 6.45) is 6.18. The Hall–Kier alpha value is -3.33. The zero-order valence-electron chi connectivity index (χ0n) is 17.0. The van der Waals surface area contributed by atoms with Crippen molar-refractivity contribution in [1.29, 1.82) is 0 Å². The number of aromatic nitrogens is 2. The van der Waals surface area contributed by atoms with Gasteiger partial charge in [0.15, 0.2) is 0 Å². The molecule has 30 heavy (non-hydrogen) atoms. The molecule has 3 heteroatoms. The highest BCUT2D eigenvalue weighted by Gasteiger charge is 2.27. The van der Waals surface area contributed by atoms with E-state index in [1.54, 1.807) is 12.1 Å². The molecule has 0 aliphatic heterocycles. The zero-order valence-corrected chi connectivity index (χ0v) is 17.0. The van der Waals surface area contributed by atoms with Crippen LogP contribution in [-0.2, 0) is 0 Å². The first-order valence-electron chi connectivity index (χ1n) is 10.8. The van der Waals surface area contributed by atoms with E-state index in [1.165, 1.54) is 43.4 Å². The van der Waals surface area contributed by atoms with E-state index >= 15 is 0 Å². The van der Waals surface area contributed by atoms with Gasteiger partial charge in [-0.3, -0.25) is 0 Å². The number of rotatable bonds is 4. The monoisotopic (exact) mass is 394 g/mol. The minimum Gasteiger partial charge on any atom is -0.508 e. The van der Waals surface area contributed by atoms with Gasteiger partial charge in [-0.1, -0.05) is 79.9 Å². The molecule has 1 N–H and O–H groups in total. The van der Waals surface area contributed by atoms with Gasteiger partial charge in [0, 0.05) is 22.7 Å². The highest BCUT2D eigenvalue weighted by Crippen LogP contribution is 2.42. The first-order chi connectivity index (χ1) is 14.8. The van der Waals surface area contributed by atoms with Gasteiger partial charge in [-0.15, -0.1) is 0 Å². The van der Waals surface area contributed by atoms with Crippen LogP contribution in [0.5, 0.6) is 5.75 Å². The molecule has 5 rings (SSSR count). The van der Waals surface area contributed by atoms with E-state index in [-0.39, 0.29) is 5.75 Å². The number of hydrogen-bond acceptors (Lipinski definition) is 2. The summed E-state index contributed by atoms with van der Waals surface area (Å²) in [6.45, 7) is 0. The van der Waals surface area contributed by atoms with Crippen LogP contribution in [0.25, 0.3) is 33.9 Å². The van der Waals surface area contributed by atoms with Gasteiger partial charge >= 0.3 is 0 Å². The number of imidazole rings is 1. The van der Waals surface area contributed by atoms with Gasteiger partial charge in [-0.25, -0.2) is 4.98 Å². The zero-order chi connectivity index (χ0) is 20.3. The molecule has 1 saturated carbocycles. The van der Waals surface area contributed by atoms with Crippen LogP contribution in [0.2, 0.25) is 0 Å². The molecule has 0 unspecified atom stereocenters. The standard InChI is InChI=1S/C27H26N2O/c30-24-18-16-22(17-19-24)27-28-25(20-10-4-1-5-11-20)26(21-12-6-2-7-13-21)29(27)23-14-8-3-9-15-23/h1-2,4-7,10-13,16-19,23,30H,3,8-9,14-15H2. The predicted octanol–water partition coefficient (Wildman–Crippen LogP) is 7.09. The second-order valence-corrected chi connectivity index (χ2v) is 8.07. The lowest BCUT2D eigenvalue weighted by Gasteiger charge is -2.27. The first kappa shape index (κ1) is 18.7. The summed E-state index contributed by atoms with van der Waals surface area (Å²) in [7, 11) is 0. The van der Waals surface area contributed by atoms with Crippen molar-refractivity contribution in [2.75, 3.05) is 0 Å². The second kappa shape index (κ2) is 8.19. The van der Waals surface area contributed by atoms with Crippen molar-refractivity contribution in [2.24, 2.45) is 0 Å². The highest BCUT2D eigenvalue weighted by atomic mass is 16.3. The Bertz CT molecular complexity index is 1110. The number of benzene rings is 3. The van der Waals surface area contributed by atoms with Crippen molar-refractivity contribution < 1.29 is 5.11 Å². The number of phenolic OH excluding ortho intramolecular Hbond substituents is 1. The Morgan fingerprint density at radius 3 is 1.90 bits per heavy atom. The fourth-order valence-corrected chi connectivity index (χ4v) is 4.61. The molecule has 0 bridgehead atoms. The molecule has 1 heterocycles. The molecule has 0 saturated heterocycles. The number of aromatic hydroxyl groups is 1. The Kier molecular flexibility index (Phi) is 5.10. The van der Waals surface area contributed by atoms with Crippen molar-refractivity contribution in [2.45, 2.75) is 38.1 Å². The van der Waals surface area contributed by atoms with Crippen LogP contribution in [-0.4, -0.2) is 14.7 Å². The van der Waals surface area contributed by atoms with Gasteiger partial charge in [0.1, 0.15) is 11.6 Å². The summed E-state index contributed by atoms with van der Waals surface area (Å²) in [5, 5.41) is 9.81. The predicted molar refractivity (Wildman–Crippen MR) is 122 cm³/mol. The van der Waals surface area contributed by atoms with Gasteiger partial charge < -0.3 is 9.67 Å². The molecule has 0 radical (unpaired) electrons. The van der Waals surface area contributed by atoms with Gasteiger partial charge in [-0.2, -0.15) is 0 Å². The summed E-state index contributed by atoms with van der Waals surface area (Å²) in [5.74, 6) is 1.26. The third-order valence-corrected chi connectivity index (χ3v) is 6.07. The Labute approximate surface area is 177 Å². The normalized spacial score (nSPS) is 14.7. The Morgan fingerprint density at radius 2 is 1.27 bits per heavy atom. The maximum atomic E-state index is 9.81. The Balaban J connectivity index is 1.80. The van der Waals surface area contributed by atoms with E-state index in [0.717, 1.165) is 22.6 Å². The smallest absolute Gasteiger partial charge is 0.141 e. The first-order valence-corrected chi connectivity index (χ1v) is 10.8.